The second-order valence-corrected chi connectivity index (χ2v) is 8.41. The molecule has 0 unspecified atom stereocenters. The van der Waals surface area contributed by atoms with E-state index in [9.17, 15) is 13.6 Å². The highest BCUT2D eigenvalue weighted by Gasteiger charge is 2.33. The lowest BCUT2D eigenvalue weighted by Gasteiger charge is -2.32. The summed E-state index contributed by atoms with van der Waals surface area (Å²) < 4.78 is 32.3. The second kappa shape index (κ2) is 8.85. The number of nitrogens with zero attached hydrogens (tertiary/aromatic N) is 8. The van der Waals surface area contributed by atoms with Crippen LogP contribution in [-0.2, 0) is 17.3 Å². The zero-order chi connectivity index (χ0) is 24.6. The molecular formula is C23H23F2N9O. The summed E-state index contributed by atoms with van der Waals surface area (Å²) in [6, 6.07) is 7.39. The van der Waals surface area contributed by atoms with Crippen molar-refractivity contribution in [2.45, 2.75) is 31.4 Å². The van der Waals surface area contributed by atoms with Crippen molar-refractivity contribution in [1.82, 2.24) is 39.6 Å². The third-order valence-corrected chi connectivity index (χ3v) is 6.08. The van der Waals surface area contributed by atoms with Crippen LogP contribution in [0.5, 0.6) is 0 Å². The minimum atomic E-state index is -3.14. The summed E-state index contributed by atoms with van der Waals surface area (Å²) >= 11 is 0. The fourth-order valence-electron chi connectivity index (χ4n) is 4.37. The van der Waals surface area contributed by atoms with Gasteiger partial charge in [0.2, 0.25) is 5.91 Å². The van der Waals surface area contributed by atoms with Crippen molar-refractivity contribution in [2.24, 2.45) is 0 Å². The summed E-state index contributed by atoms with van der Waals surface area (Å²) in [6.45, 7) is 3.94. The van der Waals surface area contributed by atoms with Crippen LogP contribution in [0.25, 0.3) is 22.4 Å². The molecule has 180 valence electrons. The largest absolute Gasteiger partial charge is 0.383 e. The molecule has 0 radical (unpaired) electrons. The van der Waals surface area contributed by atoms with Crippen molar-refractivity contribution >= 4 is 22.8 Å². The Bertz CT molecular complexity index is 1380. The Labute approximate surface area is 199 Å². The molecule has 1 fully saturated rings. The van der Waals surface area contributed by atoms with Gasteiger partial charge in [0.25, 0.3) is 5.92 Å². The Morgan fingerprint density at radius 2 is 2.06 bits per heavy atom. The molecule has 1 saturated heterocycles. The summed E-state index contributed by atoms with van der Waals surface area (Å²) in [5, 5.41) is 13.1. The van der Waals surface area contributed by atoms with E-state index in [1.807, 2.05) is 0 Å². The van der Waals surface area contributed by atoms with E-state index < -0.39 is 12.5 Å². The van der Waals surface area contributed by atoms with Gasteiger partial charge in [0.15, 0.2) is 5.65 Å². The number of piperidine rings is 1. The lowest BCUT2D eigenvalue weighted by atomic mass is 10.1. The first kappa shape index (κ1) is 22.6. The zero-order valence-corrected chi connectivity index (χ0v) is 18.8. The smallest absolute Gasteiger partial charge is 0.292 e. The van der Waals surface area contributed by atoms with E-state index in [1.165, 1.54) is 30.7 Å². The molecule has 2 N–H and O–H groups in total. The predicted octanol–water partition coefficient (Wildman–Crippen LogP) is 2.81. The fourth-order valence-corrected chi connectivity index (χ4v) is 4.37. The van der Waals surface area contributed by atoms with Crippen LogP contribution < -0.4 is 5.73 Å². The molecule has 35 heavy (non-hydrogen) atoms. The van der Waals surface area contributed by atoms with Crippen LogP contribution in [0, 0.1) is 0 Å². The molecule has 10 nitrogen and oxygen atoms in total. The number of benzene rings is 1. The quantitative estimate of drug-likeness (QED) is 0.422. The molecule has 3 aromatic heterocycles. The molecular weight excluding hydrogens is 456 g/mol. The van der Waals surface area contributed by atoms with Gasteiger partial charge < -0.3 is 10.6 Å². The third kappa shape index (κ3) is 4.22. The number of carbonyl (C=O) groups excluding carboxylic acids is 1. The van der Waals surface area contributed by atoms with Crippen LogP contribution in [0.3, 0.4) is 0 Å². The average Bonchev–Trinajstić information content (AvgIpc) is 3.49. The number of likely N-dealkylation sites (tertiary alicyclic amines) is 1. The molecule has 0 aliphatic carbocycles. The number of aromatic nitrogens is 7. The highest BCUT2D eigenvalue weighted by molar-refractivity contribution is 5.97. The van der Waals surface area contributed by atoms with Gasteiger partial charge in [-0.2, -0.15) is 13.9 Å². The van der Waals surface area contributed by atoms with Crippen molar-refractivity contribution in [3.8, 4) is 11.4 Å². The standard InChI is InChI=1S/C23H23F2N9O/c1-2-18(35)32-10-6-9-16(11-32)34-22-19(21(26)27-14-28-22)20(30-34)17-12-33(31-29-17)13-23(24,25)15-7-4-3-5-8-15/h2-5,7-8,12,14,16H,1,6,9-11,13H2,(H2,26,27,28)/t16-/m1/s1. The molecule has 1 atom stereocenters. The summed E-state index contributed by atoms with van der Waals surface area (Å²) in [5.41, 5.74) is 7.15. The number of nitrogen functional groups attached to an aromatic ring is 1. The summed E-state index contributed by atoms with van der Waals surface area (Å²) in [6.07, 6.45) is 5.60. The molecule has 0 saturated carbocycles. The van der Waals surface area contributed by atoms with Crippen LogP contribution in [0.4, 0.5) is 14.6 Å². The molecule has 4 aromatic rings. The van der Waals surface area contributed by atoms with Gasteiger partial charge >= 0.3 is 0 Å². The number of hydrogen-bond acceptors (Lipinski definition) is 7. The van der Waals surface area contributed by atoms with Gasteiger partial charge in [0, 0.05) is 18.7 Å². The highest BCUT2D eigenvalue weighted by Crippen LogP contribution is 2.34. The van der Waals surface area contributed by atoms with Crippen LogP contribution in [0.2, 0.25) is 0 Å². The number of rotatable bonds is 6. The van der Waals surface area contributed by atoms with E-state index in [0.717, 1.165) is 17.5 Å². The number of halogens is 2. The van der Waals surface area contributed by atoms with Gasteiger partial charge in [-0.1, -0.05) is 42.1 Å². The van der Waals surface area contributed by atoms with Gasteiger partial charge in [-0.05, 0) is 18.9 Å². The van der Waals surface area contributed by atoms with Crippen LogP contribution in [-0.4, -0.2) is 58.6 Å². The van der Waals surface area contributed by atoms with Crippen LogP contribution in [0.15, 0.2) is 55.5 Å². The third-order valence-electron chi connectivity index (χ3n) is 6.08. The van der Waals surface area contributed by atoms with E-state index >= 15 is 0 Å². The summed E-state index contributed by atoms with van der Waals surface area (Å²) in [5.74, 6) is -3.10. The second-order valence-electron chi connectivity index (χ2n) is 8.41. The minimum Gasteiger partial charge on any atom is -0.383 e. The minimum absolute atomic E-state index is 0.111. The van der Waals surface area contributed by atoms with Crippen molar-refractivity contribution in [3.05, 3.63) is 61.1 Å². The highest BCUT2D eigenvalue weighted by atomic mass is 19.3. The van der Waals surface area contributed by atoms with Crippen molar-refractivity contribution in [2.75, 3.05) is 18.8 Å². The molecule has 1 aliphatic heterocycles. The average molecular weight is 479 g/mol. The molecule has 5 rings (SSSR count). The molecule has 1 amide bonds. The maximum absolute atomic E-state index is 14.8. The first-order chi connectivity index (χ1) is 16.9. The zero-order valence-electron chi connectivity index (χ0n) is 18.8. The van der Waals surface area contributed by atoms with Gasteiger partial charge in [0.1, 0.15) is 30.1 Å². The van der Waals surface area contributed by atoms with Crippen molar-refractivity contribution in [3.63, 3.8) is 0 Å². The molecule has 0 bridgehead atoms. The fraction of sp³-hybridized carbons (Fsp3) is 0.304. The van der Waals surface area contributed by atoms with Gasteiger partial charge in [-0.25, -0.2) is 19.3 Å². The number of anilines is 1. The molecule has 1 aromatic carbocycles. The van der Waals surface area contributed by atoms with Crippen molar-refractivity contribution in [1.29, 1.82) is 0 Å². The Hall–Kier alpha value is -4.22. The summed E-state index contributed by atoms with van der Waals surface area (Å²) in [7, 11) is 0. The Morgan fingerprint density at radius 1 is 1.26 bits per heavy atom. The monoisotopic (exact) mass is 479 g/mol. The molecule has 0 spiro atoms. The first-order valence-electron chi connectivity index (χ1n) is 11.1. The number of carbonyl (C=O) groups is 1. The number of amides is 1. The van der Waals surface area contributed by atoms with E-state index in [2.05, 4.69) is 26.9 Å². The number of nitrogens with two attached hydrogens (primary N) is 1. The normalized spacial score (nSPS) is 16.5. The van der Waals surface area contributed by atoms with Gasteiger partial charge in [-0.3, -0.25) is 4.79 Å². The van der Waals surface area contributed by atoms with Crippen LogP contribution >= 0.6 is 0 Å². The van der Waals surface area contributed by atoms with E-state index in [4.69, 9.17) is 10.8 Å². The van der Waals surface area contributed by atoms with Gasteiger partial charge in [0.05, 0.1) is 17.6 Å². The predicted molar refractivity (Wildman–Crippen MR) is 124 cm³/mol. The first-order valence-corrected chi connectivity index (χ1v) is 11.1. The maximum atomic E-state index is 14.8. The van der Waals surface area contributed by atoms with E-state index in [-0.39, 0.29) is 29.0 Å². The summed E-state index contributed by atoms with van der Waals surface area (Å²) in [4.78, 5) is 22.3. The number of fused-ring (bicyclic) bond motifs is 1. The van der Waals surface area contributed by atoms with E-state index in [1.54, 1.807) is 27.8 Å². The molecule has 12 heteroatoms. The van der Waals surface area contributed by atoms with Gasteiger partial charge in [-0.15, -0.1) is 5.10 Å². The number of hydrogen-bond donors (Lipinski definition) is 1. The number of alkyl halides is 2. The van der Waals surface area contributed by atoms with Crippen molar-refractivity contribution < 1.29 is 13.6 Å². The SMILES string of the molecule is C=CC(=O)N1CCC[C@@H](n2nc(-c3cn(CC(F)(F)c4ccccc4)nn3)c3c(N)ncnc32)C1. The van der Waals surface area contributed by atoms with E-state index in [0.29, 0.717) is 29.8 Å². The Morgan fingerprint density at radius 3 is 2.83 bits per heavy atom. The maximum Gasteiger partial charge on any atom is 0.292 e. The lowest BCUT2D eigenvalue weighted by molar-refractivity contribution is -0.127. The molecule has 4 heterocycles. The topological polar surface area (TPSA) is 121 Å². The lowest BCUT2D eigenvalue weighted by Crippen LogP contribution is -2.40. The Balaban J connectivity index is 1.50. The van der Waals surface area contributed by atoms with Crippen LogP contribution in [0.1, 0.15) is 24.4 Å². The Kier molecular flexibility index (Phi) is 5.71. The molecule has 1 aliphatic rings.